The lowest BCUT2D eigenvalue weighted by Gasteiger charge is -2.21. The predicted octanol–water partition coefficient (Wildman–Crippen LogP) is 4.30. The maximum Gasteiger partial charge on any atom is 0.249 e. The van der Waals surface area contributed by atoms with Gasteiger partial charge in [0.05, 0.1) is 11.4 Å². The molecule has 5 nitrogen and oxygen atoms in total. The van der Waals surface area contributed by atoms with E-state index in [1.54, 1.807) is 6.07 Å². The minimum atomic E-state index is -0.171. The molecule has 132 valence electrons. The summed E-state index contributed by atoms with van der Waals surface area (Å²) in [6.45, 7) is 0.708. The zero-order valence-electron chi connectivity index (χ0n) is 14.1. The average Bonchev–Trinajstić information content (AvgIpc) is 3.32. The molecule has 0 spiro atoms. The first-order valence-electron chi connectivity index (χ1n) is 8.64. The third kappa shape index (κ3) is 3.35. The Morgan fingerprint density at radius 2 is 1.92 bits per heavy atom. The number of likely N-dealkylation sites (tertiary alicyclic amines) is 1. The molecule has 0 N–H and O–H groups in total. The summed E-state index contributed by atoms with van der Waals surface area (Å²) >= 11 is 6.21. The van der Waals surface area contributed by atoms with Gasteiger partial charge >= 0.3 is 0 Å². The molecule has 1 fully saturated rings. The Bertz CT molecular complexity index is 910. The lowest BCUT2D eigenvalue weighted by atomic mass is 10.1. The lowest BCUT2D eigenvalue weighted by molar-refractivity contribution is -0.131. The van der Waals surface area contributed by atoms with E-state index in [2.05, 4.69) is 10.1 Å². The quantitative estimate of drug-likeness (QED) is 0.690. The topological polar surface area (TPSA) is 59.2 Å². The van der Waals surface area contributed by atoms with Gasteiger partial charge in [-0.25, -0.2) is 0 Å². The van der Waals surface area contributed by atoms with Crippen LogP contribution in [-0.4, -0.2) is 27.5 Å². The molecule has 0 radical (unpaired) electrons. The van der Waals surface area contributed by atoms with Gasteiger partial charge in [-0.15, -0.1) is 0 Å². The molecule has 1 aromatic heterocycles. The molecule has 26 heavy (non-hydrogen) atoms. The normalized spacial score (nSPS) is 16.8. The Labute approximate surface area is 156 Å². The molecule has 4 rings (SSSR count). The van der Waals surface area contributed by atoms with Crippen molar-refractivity contribution in [2.75, 3.05) is 6.54 Å². The number of rotatable bonds is 4. The second-order valence-corrected chi connectivity index (χ2v) is 6.75. The van der Waals surface area contributed by atoms with Crippen molar-refractivity contribution in [2.24, 2.45) is 0 Å². The van der Waals surface area contributed by atoms with Crippen molar-refractivity contribution in [1.82, 2.24) is 15.0 Å². The number of carbonyl (C=O) groups is 1. The summed E-state index contributed by atoms with van der Waals surface area (Å²) in [5.41, 5.74) is 1.73. The van der Waals surface area contributed by atoms with Gasteiger partial charge in [-0.2, -0.15) is 4.98 Å². The van der Waals surface area contributed by atoms with Crippen molar-refractivity contribution in [3.05, 3.63) is 71.1 Å². The molecular weight excluding hydrogens is 350 g/mol. The minimum absolute atomic E-state index is 0.0798. The molecule has 1 atom stereocenters. The molecule has 0 bridgehead atoms. The van der Waals surface area contributed by atoms with Crippen molar-refractivity contribution in [2.45, 2.75) is 25.3 Å². The van der Waals surface area contributed by atoms with Crippen LogP contribution in [0.5, 0.6) is 0 Å². The van der Waals surface area contributed by atoms with Crippen molar-refractivity contribution >= 4 is 17.5 Å². The second kappa shape index (κ2) is 7.30. The zero-order chi connectivity index (χ0) is 17.9. The highest BCUT2D eigenvalue weighted by molar-refractivity contribution is 6.33. The SMILES string of the molecule is O=C(Cc1ccccc1)N1CCCC1c1nc(-c2ccccc2Cl)no1. The Hall–Kier alpha value is -2.66. The Morgan fingerprint density at radius 3 is 2.73 bits per heavy atom. The molecule has 2 heterocycles. The summed E-state index contributed by atoms with van der Waals surface area (Å²) in [5, 5.41) is 4.63. The van der Waals surface area contributed by atoms with E-state index in [9.17, 15) is 4.79 Å². The fourth-order valence-corrected chi connectivity index (χ4v) is 3.54. The van der Waals surface area contributed by atoms with Gasteiger partial charge in [0.1, 0.15) is 6.04 Å². The summed E-state index contributed by atoms with van der Waals surface area (Å²) in [4.78, 5) is 19.1. The Balaban J connectivity index is 1.54. The van der Waals surface area contributed by atoms with Gasteiger partial charge in [0, 0.05) is 12.1 Å². The molecule has 1 aliphatic rings. The predicted molar refractivity (Wildman–Crippen MR) is 98.6 cm³/mol. The van der Waals surface area contributed by atoms with E-state index in [0.29, 0.717) is 29.7 Å². The van der Waals surface area contributed by atoms with Crippen LogP contribution < -0.4 is 0 Å². The Kier molecular flexibility index (Phi) is 4.71. The van der Waals surface area contributed by atoms with Gasteiger partial charge in [0.15, 0.2) is 0 Å². The number of benzene rings is 2. The van der Waals surface area contributed by atoms with Crippen molar-refractivity contribution in [3.8, 4) is 11.4 Å². The first-order chi connectivity index (χ1) is 12.7. The number of nitrogens with zero attached hydrogens (tertiary/aromatic N) is 3. The van der Waals surface area contributed by atoms with E-state index in [0.717, 1.165) is 24.0 Å². The monoisotopic (exact) mass is 367 g/mol. The number of aromatic nitrogens is 2. The first-order valence-corrected chi connectivity index (χ1v) is 9.02. The largest absolute Gasteiger partial charge is 0.337 e. The van der Waals surface area contributed by atoms with Crippen LogP contribution >= 0.6 is 11.6 Å². The van der Waals surface area contributed by atoms with Gasteiger partial charge in [0.25, 0.3) is 0 Å². The number of hydrogen-bond acceptors (Lipinski definition) is 4. The molecule has 1 aliphatic heterocycles. The number of hydrogen-bond donors (Lipinski definition) is 0. The number of carbonyl (C=O) groups excluding carboxylic acids is 1. The van der Waals surface area contributed by atoms with Crippen LogP contribution in [0.1, 0.15) is 30.3 Å². The van der Waals surface area contributed by atoms with Crippen LogP contribution in [-0.2, 0) is 11.2 Å². The number of halogens is 1. The molecule has 1 saturated heterocycles. The van der Waals surface area contributed by atoms with E-state index in [-0.39, 0.29) is 11.9 Å². The molecule has 3 aromatic rings. The third-order valence-corrected chi connectivity index (χ3v) is 4.94. The van der Waals surface area contributed by atoms with Crippen LogP contribution in [0.4, 0.5) is 0 Å². The van der Waals surface area contributed by atoms with Crippen LogP contribution in [0.25, 0.3) is 11.4 Å². The lowest BCUT2D eigenvalue weighted by Crippen LogP contribution is -2.32. The van der Waals surface area contributed by atoms with Gasteiger partial charge in [-0.1, -0.05) is 59.2 Å². The fourth-order valence-electron chi connectivity index (χ4n) is 3.32. The Morgan fingerprint density at radius 1 is 1.15 bits per heavy atom. The minimum Gasteiger partial charge on any atom is -0.337 e. The number of amides is 1. The van der Waals surface area contributed by atoms with Gasteiger partial charge in [-0.05, 0) is 30.5 Å². The van der Waals surface area contributed by atoms with Crippen LogP contribution in [0.15, 0.2) is 59.1 Å². The first kappa shape index (κ1) is 16.8. The fraction of sp³-hybridized carbons (Fsp3) is 0.250. The average molecular weight is 368 g/mol. The highest BCUT2D eigenvalue weighted by Gasteiger charge is 2.34. The molecule has 0 aliphatic carbocycles. The third-order valence-electron chi connectivity index (χ3n) is 4.61. The van der Waals surface area contributed by atoms with Gasteiger partial charge in [0.2, 0.25) is 17.6 Å². The van der Waals surface area contributed by atoms with Gasteiger partial charge in [-0.3, -0.25) is 4.79 Å². The summed E-state index contributed by atoms with van der Waals surface area (Å²) in [7, 11) is 0. The van der Waals surface area contributed by atoms with Crippen molar-refractivity contribution in [3.63, 3.8) is 0 Å². The van der Waals surface area contributed by atoms with E-state index in [1.807, 2.05) is 53.4 Å². The molecule has 6 heteroatoms. The van der Waals surface area contributed by atoms with Crippen molar-refractivity contribution < 1.29 is 9.32 Å². The molecule has 0 saturated carbocycles. The van der Waals surface area contributed by atoms with Gasteiger partial charge < -0.3 is 9.42 Å². The maximum atomic E-state index is 12.7. The summed E-state index contributed by atoms with van der Waals surface area (Å²) in [6, 6.07) is 17.0. The van der Waals surface area contributed by atoms with E-state index >= 15 is 0 Å². The highest BCUT2D eigenvalue weighted by Crippen LogP contribution is 2.33. The molecule has 2 aromatic carbocycles. The molecule has 1 amide bonds. The maximum absolute atomic E-state index is 12.7. The summed E-state index contributed by atoms with van der Waals surface area (Å²) in [5.74, 6) is 1.00. The summed E-state index contributed by atoms with van der Waals surface area (Å²) < 4.78 is 5.47. The summed E-state index contributed by atoms with van der Waals surface area (Å²) in [6.07, 6.45) is 2.13. The van der Waals surface area contributed by atoms with E-state index in [1.165, 1.54) is 0 Å². The van der Waals surface area contributed by atoms with E-state index in [4.69, 9.17) is 16.1 Å². The van der Waals surface area contributed by atoms with Crippen LogP contribution in [0.3, 0.4) is 0 Å². The van der Waals surface area contributed by atoms with Crippen molar-refractivity contribution in [1.29, 1.82) is 0 Å². The molecular formula is C20H18ClN3O2. The second-order valence-electron chi connectivity index (χ2n) is 6.34. The zero-order valence-corrected chi connectivity index (χ0v) is 14.9. The van der Waals surface area contributed by atoms with Crippen LogP contribution in [0.2, 0.25) is 5.02 Å². The standard InChI is InChI=1S/C20H18ClN3O2/c21-16-10-5-4-9-15(16)19-22-20(26-23-19)17-11-6-12-24(17)18(25)13-14-7-2-1-3-8-14/h1-5,7-10,17H,6,11-13H2. The highest BCUT2D eigenvalue weighted by atomic mass is 35.5. The van der Waals surface area contributed by atoms with Crippen LogP contribution in [0, 0.1) is 0 Å². The molecule has 1 unspecified atom stereocenters. The van der Waals surface area contributed by atoms with E-state index < -0.39 is 0 Å². The smallest absolute Gasteiger partial charge is 0.249 e.